The molecule has 2 heterocycles. The van der Waals surface area contributed by atoms with Gasteiger partial charge in [-0.1, -0.05) is 30.3 Å². The van der Waals surface area contributed by atoms with Crippen molar-refractivity contribution < 1.29 is 4.79 Å². The molecule has 0 radical (unpaired) electrons. The van der Waals surface area contributed by atoms with Crippen LogP contribution >= 0.6 is 39.5 Å². The fourth-order valence-corrected chi connectivity index (χ4v) is 4.18. The van der Waals surface area contributed by atoms with E-state index in [2.05, 4.69) is 26.6 Å². The lowest BCUT2D eigenvalue weighted by atomic mass is 9.94. The van der Waals surface area contributed by atoms with Gasteiger partial charge in [0.1, 0.15) is 0 Å². The molecule has 22 heavy (non-hydrogen) atoms. The molecule has 3 rings (SSSR count). The maximum atomic E-state index is 12.3. The van der Waals surface area contributed by atoms with Crippen LogP contribution in [0.25, 0.3) is 5.70 Å². The molecule has 1 atom stereocenters. The molecule has 112 valence electrons. The van der Waals surface area contributed by atoms with E-state index in [0.29, 0.717) is 10.7 Å². The Labute approximate surface area is 146 Å². The maximum Gasteiger partial charge on any atom is 0.171 e. The summed E-state index contributed by atoms with van der Waals surface area (Å²) in [6.45, 7) is 1.59. The molecule has 1 aliphatic rings. The molecule has 1 aliphatic heterocycles. The van der Waals surface area contributed by atoms with Crippen LogP contribution in [0, 0.1) is 0 Å². The van der Waals surface area contributed by atoms with Crippen LogP contribution in [0.3, 0.4) is 0 Å². The van der Waals surface area contributed by atoms with Gasteiger partial charge >= 0.3 is 0 Å². The van der Waals surface area contributed by atoms with E-state index < -0.39 is 0 Å². The number of halogens is 1. The van der Waals surface area contributed by atoms with Crippen molar-refractivity contribution in [1.82, 2.24) is 10.6 Å². The van der Waals surface area contributed by atoms with E-state index in [1.807, 2.05) is 42.5 Å². The number of Topliss-reactive ketones (excluding diaryl/α,β-unsaturated/α-hetero) is 1. The number of nitrogens with one attached hydrogen (secondary N) is 2. The van der Waals surface area contributed by atoms with Crippen LogP contribution < -0.4 is 10.6 Å². The highest BCUT2D eigenvalue weighted by molar-refractivity contribution is 9.11. The summed E-state index contributed by atoms with van der Waals surface area (Å²) in [4.78, 5) is 13.3. The number of benzene rings is 1. The van der Waals surface area contributed by atoms with Crippen molar-refractivity contribution in [2.75, 3.05) is 0 Å². The number of thiophene rings is 1. The number of hydrogen-bond acceptors (Lipinski definition) is 3. The van der Waals surface area contributed by atoms with Gasteiger partial charge in [-0.05, 0) is 52.8 Å². The molecule has 0 bridgehead atoms. The normalized spacial score (nSPS) is 17.9. The zero-order valence-corrected chi connectivity index (χ0v) is 14.9. The third-order valence-electron chi connectivity index (χ3n) is 3.39. The first-order valence-electron chi connectivity index (χ1n) is 6.69. The van der Waals surface area contributed by atoms with Gasteiger partial charge in [0.15, 0.2) is 10.9 Å². The van der Waals surface area contributed by atoms with Crippen LogP contribution in [0.4, 0.5) is 0 Å². The van der Waals surface area contributed by atoms with Crippen LogP contribution in [0.1, 0.15) is 23.4 Å². The largest absolute Gasteiger partial charge is 0.350 e. The fraction of sp³-hybridized carbons (Fsp3) is 0.125. The van der Waals surface area contributed by atoms with Gasteiger partial charge in [0.2, 0.25) is 0 Å². The van der Waals surface area contributed by atoms with Crippen molar-refractivity contribution in [3.8, 4) is 0 Å². The number of carbonyl (C=O) groups excluding carboxylic acids is 1. The van der Waals surface area contributed by atoms with Gasteiger partial charge in [-0.25, -0.2) is 0 Å². The standard InChI is InChI=1S/C16H13BrN2OS2/c1-9(20)13-14(10-5-3-2-4-6-10)18-16(21)19-15(13)11-7-8-12(17)22-11/h2-8,15H,1H3,(H2,18,19,21)/t15-/m1/s1. The lowest BCUT2D eigenvalue weighted by Crippen LogP contribution is -2.44. The molecule has 0 unspecified atom stereocenters. The molecule has 6 heteroatoms. The second-order valence-corrected chi connectivity index (χ2v) is 7.79. The number of carbonyl (C=O) groups is 1. The summed E-state index contributed by atoms with van der Waals surface area (Å²) in [6.07, 6.45) is 0. The van der Waals surface area contributed by atoms with Crippen LogP contribution in [-0.4, -0.2) is 10.9 Å². The van der Waals surface area contributed by atoms with Gasteiger partial charge in [0, 0.05) is 10.5 Å². The molecule has 0 aliphatic carbocycles. The van der Waals surface area contributed by atoms with Crippen molar-refractivity contribution in [3.05, 3.63) is 62.3 Å². The van der Waals surface area contributed by atoms with Crippen LogP contribution in [-0.2, 0) is 4.79 Å². The minimum Gasteiger partial charge on any atom is -0.350 e. The highest BCUT2D eigenvalue weighted by atomic mass is 79.9. The summed E-state index contributed by atoms with van der Waals surface area (Å²) in [5.41, 5.74) is 2.44. The zero-order valence-electron chi connectivity index (χ0n) is 11.7. The van der Waals surface area contributed by atoms with Crippen molar-refractivity contribution in [2.45, 2.75) is 13.0 Å². The molecule has 0 saturated carbocycles. The van der Waals surface area contributed by atoms with E-state index >= 15 is 0 Å². The number of ketones is 1. The van der Waals surface area contributed by atoms with E-state index in [9.17, 15) is 4.79 Å². The van der Waals surface area contributed by atoms with Gasteiger partial charge in [0.05, 0.1) is 15.5 Å². The minimum atomic E-state index is -0.224. The van der Waals surface area contributed by atoms with Gasteiger partial charge in [0.25, 0.3) is 0 Å². The van der Waals surface area contributed by atoms with Crippen LogP contribution in [0.2, 0.25) is 0 Å². The number of hydrogen-bond donors (Lipinski definition) is 2. The Morgan fingerprint density at radius 1 is 1.23 bits per heavy atom. The minimum absolute atomic E-state index is 0.0240. The Hall–Kier alpha value is -1.50. The fourth-order valence-electron chi connectivity index (χ4n) is 2.47. The molecule has 0 fully saturated rings. The number of rotatable bonds is 3. The van der Waals surface area contributed by atoms with E-state index in [-0.39, 0.29) is 11.8 Å². The Balaban J connectivity index is 2.17. The van der Waals surface area contributed by atoms with E-state index in [0.717, 1.165) is 19.9 Å². The molecule has 1 aromatic heterocycles. The highest BCUT2D eigenvalue weighted by Crippen LogP contribution is 2.36. The van der Waals surface area contributed by atoms with Gasteiger partial charge in [-0.3, -0.25) is 4.79 Å². The lowest BCUT2D eigenvalue weighted by molar-refractivity contribution is -0.113. The smallest absolute Gasteiger partial charge is 0.171 e. The second kappa shape index (κ2) is 6.32. The summed E-state index contributed by atoms with van der Waals surface area (Å²) in [7, 11) is 0. The zero-order chi connectivity index (χ0) is 15.7. The quantitative estimate of drug-likeness (QED) is 0.773. The van der Waals surface area contributed by atoms with Crippen LogP contribution in [0.15, 0.2) is 51.8 Å². The first-order valence-corrected chi connectivity index (χ1v) is 8.71. The van der Waals surface area contributed by atoms with E-state index in [1.54, 1.807) is 18.3 Å². The van der Waals surface area contributed by atoms with Gasteiger partial charge in [-0.2, -0.15) is 0 Å². The molecule has 0 saturated heterocycles. The molecular weight excluding hydrogens is 380 g/mol. The van der Waals surface area contributed by atoms with E-state index in [4.69, 9.17) is 12.2 Å². The Morgan fingerprint density at radius 2 is 1.95 bits per heavy atom. The predicted octanol–water partition coefficient (Wildman–Crippen LogP) is 4.03. The maximum absolute atomic E-state index is 12.3. The molecule has 0 amide bonds. The van der Waals surface area contributed by atoms with Crippen molar-refractivity contribution in [2.24, 2.45) is 0 Å². The van der Waals surface area contributed by atoms with Crippen LogP contribution in [0.5, 0.6) is 0 Å². The summed E-state index contributed by atoms with van der Waals surface area (Å²) < 4.78 is 1.03. The molecule has 3 nitrogen and oxygen atoms in total. The monoisotopic (exact) mass is 392 g/mol. The predicted molar refractivity (Wildman–Crippen MR) is 97.7 cm³/mol. The molecule has 2 aromatic rings. The summed E-state index contributed by atoms with van der Waals surface area (Å²) in [5, 5.41) is 6.88. The summed E-state index contributed by atoms with van der Waals surface area (Å²) >= 11 is 10.4. The van der Waals surface area contributed by atoms with Gasteiger partial charge in [-0.15, -0.1) is 11.3 Å². The molecule has 1 aromatic carbocycles. The third-order valence-corrected chi connectivity index (χ3v) is 5.30. The number of thiocarbonyl (C=S) groups is 1. The molecular formula is C16H13BrN2OS2. The topological polar surface area (TPSA) is 41.1 Å². The Morgan fingerprint density at radius 3 is 2.55 bits per heavy atom. The SMILES string of the molecule is CC(=O)C1=C(c2ccccc2)NC(=S)N[C@@H]1c1ccc(Br)s1. The third kappa shape index (κ3) is 2.99. The first-order chi connectivity index (χ1) is 10.6. The van der Waals surface area contributed by atoms with E-state index in [1.165, 1.54) is 0 Å². The van der Waals surface area contributed by atoms with Crippen molar-refractivity contribution in [3.63, 3.8) is 0 Å². The average Bonchev–Trinajstić information content (AvgIpc) is 2.93. The highest BCUT2D eigenvalue weighted by Gasteiger charge is 2.30. The lowest BCUT2D eigenvalue weighted by Gasteiger charge is -2.30. The van der Waals surface area contributed by atoms with Crippen molar-refractivity contribution in [1.29, 1.82) is 0 Å². The first kappa shape index (κ1) is 15.4. The summed E-state index contributed by atoms with van der Waals surface area (Å²) in [6, 6.07) is 13.6. The second-order valence-electron chi connectivity index (χ2n) is 4.88. The Bertz CT molecular complexity index is 767. The summed E-state index contributed by atoms with van der Waals surface area (Å²) in [5.74, 6) is 0.0240. The molecule has 0 spiro atoms. The van der Waals surface area contributed by atoms with Crippen molar-refractivity contribution >= 4 is 56.1 Å². The molecule has 2 N–H and O–H groups in total. The van der Waals surface area contributed by atoms with Gasteiger partial charge < -0.3 is 10.6 Å². The Kier molecular flexibility index (Phi) is 4.42. The average molecular weight is 393 g/mol.